The number of carboxylic acid groups (broad SMARTS) is 1. The molecule has 2 bridgehead atoms. The lowest BCUT2D eigenvalue weighted by Crippen LogP contribution is -2.47. The number of amides is 1. The number of nitrogens with one attached hydrogen (secondary N) is 1. The quantitative estimate of drug-likeness (QED) is 0.626. The molecule has 0 unspecified atom stereocenters. The van der Waals surface area contributed by atoms with E-state index in [-0.39, 0.29) is 17.7 Å². The number of aliphatic carboxylic acids is 1. The number of aryl methyl sites for hydroxylation is 1. The summed E-state index contributed by atoms with van der Waals surface area (Å²) in [5.41, 5.74) is 1.67. The van der Waals surface area contributed by atoms with E-state index in [1.807, 2.05) is 12.2 Å². The molecule has 0 radical (unpaired) electrons. The molecule has 5 rings (SSSR count). The highest BCUT2D eigenvalue weighted by Crippen LogP contribution is 2.46. The van der Waals surface area contributed by atoms with Gasteiger partial charge in [-0.25, -0.2) is 0 Å². The van der Waals surface area contributed by atoms with Crippen LogP contribution in [0.2, 0.25) is 0 Å². The van der Waals surface area contributed by atoms with Gasteiger partial charge in [-0.1, -0.05) is 18.6 Å². The number of rotatable bonds is 3. The monoisotopic (exact) mass is 370 g/mol. The highest BCUT2D eigenvalue weighted by atomic mass is 32.1. The molecular formula is C20H22N2O3S. The molecule has 0 aromatic carbocycles. The Labute approximate surface area is 156 Å². The molecule has 1 aromatic heterocycles. The number of nitrogens with zero attached hydrogens (tertiary/aromatic N) is 1. The van der Waals surface area contributed by atoms with E-state index in [0.29, 0.717) is 10.6 Å². The third-order valence-electron chi connectivity index (χ3n) is 6.11. The summed E-state index contributed by atoms with van der Waals surface area (Å²) in [6.45, 7) is 0. The number of carbonyl (C=O) groups excluding carboxylic acids is 1. The van der Waals surface area contributed by atoms with Crippen molar-refractivity contribution < 1.29 is 14.7 Å². The van der Waals surface area contributed by atoms with Crippen molar-refractivity contribution in [3.63, 3.8) is 0 Å². The molecule has 1 fully saturated rings. The van der Waals surface area contributed by atoms with Gasteiger partial charge in [0.05, 0.1) is 17.4 Å². The molecule has 1 aromatic rings. The maximum absolute atomic E-state index is 13.0. The molecule has 4 aliphatic rings. The summed E-state index contributed by atoms with van der Waals surface area (Å²) in [4.78, 5) is 26.0. The fourth-order valence-electron chi connectivity index (χ4n) is 4.83. The van der Waals surface area contributed by atoms with E-state index in [1.54, 1.807) is 0 Å². The standard InChI is InChI=1S/C20H22N2O3S/c21-10-14-13-4-2-1-3-5-15(13)26-19(14)22-18(23)16-11-6-8-12(9-7-11)17(16)20(24)25/h6,8,11-12,16-17H,1-5,7,9H2,(H,22,23)(H,24,25)/t11-,12-,16+,17-/m0/s1. The smallest absolute Gasteiger partial charge is 0.307 e. The molecule has 26 heavy (non-hydrogen) atoms. The van der Waals surface area contributed by atoms with Crippen LogP contribution in [-0.2, 0) is 22.4 Å². The second kappa shape index (κ2) is 6.88. The molecule has 136 valence electrons. The van der Waals surface area contributed by atoms with Crippen LogP contribution in [0.4, 0.5) is 5.00 Å². The first kappa shape index (κ1) is 17.3. The number of hydrogen-bond donors (Lipinski definition) is 2. The molecule has 1 saturated carbocycles. The average molecular weight is 370 g/mol. The van der Waals surface area contributed by atoms with Crippen LogP contribution >= 0.6 is 11.3 Å². The van der Waals surface area contributed by atoms with Crippen LogP contribution in [0.1, 0.15) is 48.1 Å². The Morgan fingerprint density at radius 2 is 1.81 bits per heavy atom. The Kier molecular flexibility index (Phi) is 4.58. The first-order valence-electron chi connectivity index (χ1n) is 9.36. The number of carboxylic acids is 1. The number of allylic oxidation sites excluding steroid dienone is 2. The summed E-state index contributed by atoms with van der Waals surface area (Å²) >= 11 is 1.50. The molecule has 0 aliphatic heterocycles. The van der Waals surface area contributed by atoms with Crippen molar-refractivity contribution in [1.82, 2.24) is 0 Å². The van der Waals surface area contributed by atoms with Crippen LogP contribution in [0.25, 0.3) is 0 Å². The SMILES string of the molecule is N#Cc1c(NC(=O)[C@H]2[C@@H](C(=O)O)[C@H]3C=C[C@H]2CC3)sc2c1CCCCC2. The van der Waals surface area contributed by atoms with E-state index >= 15 is 0 Å². The Morgan fingerprint density at radius 1 is 1.12 bits per heavy atom. The summed E-state index contributed by atoms with van der Waals surface area (Å²) in [6, 6.07) is 2.27. The zero-order valence-corrected chi connectivity index (χ0v) is 15.3. The van der Waals surface area contributed by atoms with E-state index in [4.69, 9.17) is 0 Å². The maximum atomic E-state index is 13.0. The molecule has 4 atom stereocenters. The summed E-state index contributed by atoms with van der Waals surface area (Å²) in [5.74, 6) is -2.45. The molecule has 0 spiro atoms. The summed E-state index contributed by atoms with van der Waals surface area (Å²) in [7, 11) is 0. The Hall–Kier alpha value is -2.13. The van der Waals surface area contributed by atoms with Gasteiger partial charge in [-0.05, 0) is 55.9 Å². The number of thiophene rings is 1. The summed E-state index contributed by atoms with van der Waals surface area (Å²) < 4.78 is 0. The zero-order valence-electron chi connectivity index (χ0n) is 14.5. The second-order valence-electron chi connectivity index (χ2n) is 7.55. The normalized spacial score (nSPS) is 29.5. The Bertz CT molecular complexity index is 820. The lowest BCUT2D eigenvalue weighted by molar-refractivity contribution is -0.151. The van der Waals surface area contributed by atoms with E-state index in [1.165, 1.54) is 22.6 Å². The number of carbonyl (C=O) groups is 2. The first-order chi connectivity index (χ1) is 12.6. The van der Waals surface area contributed by atoms with Crippen LogP contribution in [0.5, 0.6) is 0 Å². The minimum Gasteiger partial charge on any atom is -0.481 e. The van der Waals surface area contributed by atoms with Crippen LogP contribution in [0.3, 0.4) is 0 Å². The van der Waals surface area contributed by atoms with Gasteiger partial charge < -0.3 is 10.4 Å². The molecule has 4 aliphatic carbocycles. The molecule has 2 N–H and O–H groups in total. The highest BCUT2D eigenvalue weighted by molar-refractivity contribution is 7.16. The van der Waals surface area contributed by atoms with Gasteiger partial charge >= 0.3 is 5.97 Å². The van der Waals surface area contributed by atoms with E-state index < -0.39 is 17.8 Å². The minimum atomic E-state index is -0.897. The van der Waals surface area contributed by atoms with Crippen molar-refractivity contribution in [3.8, 4) is 6.07 Å². The lowest BCUT2D eigenvalue weighted by atomic mass is 9.62. The van der Waals surface area contributed by atoms with E-state index in [9.17, 15) is 20.0 Å². The number of nitriles is 1. The average Bonchev–Trinajstić information content (AvgIpc) is 2.81. The first-order valence-corrected chi connectivity index (χ1v) is 10.2. The molecule has 1 amide bonds. The molecule has 1 heterocycles. The van der Waals surface area contributed by atoms with Gasteiger partial charge in [0.2, 0.25) is 5.91 Å². The van der Waals surface area contributed by atoms with Gasteiger partial charge in [-0.3, -0.25) is 9.59 Å². The number of fused-ring (bicyclic) bond motifs is 3. The topological polar surface area (TPSA) is 90.2 Å². The van der Waals surface area contributed by atoms with Gasteiger partial charge in [-0.2, -0.15) is 5.26 Å². The Morgan fingerprint density at radius 3 is 2.46 bits per heavy atom. The van der Waals surface area contributed by atoms with Gasteiger partial charge in [0, 0.05) is 4.88 Å². The molecule has 5 nitrogen and oxygen atoms in total. The molecule has 0 saturated heterocycles. The highest BCUT2D eigenvalue weighted by Gasteiger charge is 2.48. The van der Waals surface area contributed by atoms with Gasteiger partial charge in [0.1, 0.15) is 11.1 Å². The molecular weight excluding hydrogens is 348 g/mol. The number of hydrogen-bond acceptors (Lipinski definition) is 4. The maximum Gasteiger partial charge on any atom is 0.307 e. The third-order valence-corrected chi connectivity index (χ3v) is 7.31. The van der Waals surface area contributed by atoms with Crippen molar-refractivity contribution in [2.75, 3.05) is 5.32 Å². The van der Waals surface area contributed by atoms with Crippen LogP contribution in [0, 0.1) is 35.0 Å². The molecule has 6 heteroatoms. The number of anilines is 1. The predicted molar refractivity (Wildman–Crippen MR) is 98.9 cm³/mol. The Balaban J connectivity index is 1.62. The largest absolute Gasteiger partial charge is 0.481 e. The van der Waals surface area contributed by atoms with Crippen LogP contribution in [0.15, 0.2) is 12.2 Å². The zero-order chi connectivity index (χ0) is 18.3. The van der Waals surface area contributed by atoms with E-state index in [0.717, 1.165) is 44.1 Å². The van der Waals surface area contributed by atoms with Crippen molar-refractivity contribution in [2.45, 2.75) is 44.9 Å². The van der Waals surface area contributed by atoms with Gasteiger partial charge in [-0.15, -0.1) is 11.3 Å². The van der Waals surface area contributed by atoms with Crippen molar-refractivity contribution in [2.24, 2.45) is 23.7 Å². The minimum absolute atomic E-state index is 0.0237. The lowest BCUT2D eigenvalue weighted by Gasteiger charge is -2.41. The fourth-order valence-corrected chi connectivity index (χ4v) is 6.08. The third kappa shape index (κ3) is 2.84. The van der Waals surface area contributed by atoms with Gasteiger partial charge in [0.25, 0.3) is 0 Å². The van der Waals surface area contributed by atoms with Gasteiger partial charge in [0.15, 0.2) is 0 Å². The van der Waals surface area contributed by atoms with Crippen LogP contribution < -0.4 is 5.32 Å². The summed E-state index contributed by atoms with van der Waals surface area (Å²) in [5, 5.41) is 22.8. The van der Waals surface area contributed by atoms with Crippen LogP contribution in [-0.4, -0.2) is 17.0 Å². The second-order valence-corrected chi connectivity index (χ2v) is 8.65. The fraction of sp³-hybridized carbons (Fsp3) is 0.550. The van der Waals surface area contributed by atoms with Crippen molar-refractivity contribution in [1.29, 1.82) is 5.26 Å². The van der Waals surface area contributed by atoms with E-state index in [2.05, 4.69) is 11.4 Å². The predicted octanol–water partition coefficient (Wildman–Crippen LogP) is 3.74. The summed E-state index contributed by atoms with van der Waals surface area (Å²) in [6.07, 6.45) is 10.9. The van der Waals surface area contributed by atoms with Crippen molar-refractivity contribution >= 4 is 28.2 Å². The van der Waals surface area contributed by atoms with Crippen molar-refractivity contribution in [3.05, 3.63) is 28.2 Å².